The lowest BCUT2D eigenvalue weighted by molar-refractivity contribution is 1.22. The average molecular weight is 609 g/mol. The van der Waals surface area contributed by atoms with Crippen LogP contribution in [0.3, 0.4) is 0 Å². The summed E-state index contributed by atoms with van der Waals surface area (Å²) < 4.78 is 0. The van der Waals surface area contributed by atoms with E-state index in [0.717, 1.165) is 67.8 Å². The third-order valence-electron chi connectivity index (χ3n) is 8.37. The molecule has 0 heterocycles. The van der Waals surface area contributed by atoms with Crippen molar-refractivity contribution in [2.75, 3.05) is 10.6 Å². The van der Waals surface area contributed by atoms with Gasteiger partial charge in [-0.2, -0.15) is 0 Å². The van der Waals surface area contributed by atoms with Gasteiger partial charge in [0.25, 0.3) is 0 Å². The van der Waals surface area contributed by atoms with Gasteiger partial charge in [-0.25, -0.2) is 0 Å². The maximum atomic E-state index is 6.56. The third-order valence-corrected chi connectivity index (χ3v) is 8.37. The summed E-state index contributed by atoms with van der Waals surface area (Å²) in [7, 11) is 0. The molecule has 0 amide bonds. The SMILES string of the molecule is C=C/C(=C\C(=Cc1ccccc1)N(c1ccccc1)c1ccccc1)c1cc(-c2cccc3cccc(N)c23)cc2c1C=CC2.CC. The highest BCUT2D eigenvalue weighted by molar-refractivity contribution is 6.05. The van der Waals surface area contributed by atoms with Gasteiger partial charge in [0, 0.05) is 28.1 Å². The van der Waals surface area contributed by atoms with Crippen LogP contribution >= 0.6 is 0 Å². The van der Waals surface area contributed by atoms with Gasteiger partial charge in [0.1, 0.15) is 0 Å². The number of hydrogen-bond acceptors (Lipinski definition) is 2. The molecule has 7 rings (SSSR count). The van der Waals surface area contributed by atoms with Crippen molar-refractivity contribution in [3.8, 4) is 11.1 Å². The Labute approximate surface area is 279 Å². The van der Waals surface area contributed by atoms with Crippen LogP contribution in [0.25, 0.3) is 39.6 Å². The molecule has 230 valence electrons. The molecule has 2 N–H and O–H groups in total. The summed E-state index contributed by atoms with van der Waals surface area (Å²) >= 11 is 0. The molecule has 0 saturated heterocycles. The summed E-state index contributed by atoms with van der Waals surface area (Å²) in [5, 5.41) is 2.23. The summed E-state index contributed by atoms with van der Waals surface area (Å²) in [5.74, 6) is 0. The smallest absolute Gasteiger partial charge is 0.0473 e. The van der Waals surface area contributed by atoms with E-state index in [-0.39, 0.29) is 0 Å². The lowest BCUT2D eigenvalue weighted by Gasteiger charge is -2.27. The van der Waals surface area contributed by atoms with E-state index >= 15 is 0 Å². The number of nitrogens with zero attached hydrogens (tertiary/aromatic N) is 1. The number of allylic oxidation sites excluding steroid dienone is 4. The molecule has 0 aromatic heterocycles. The first-order valence-electron chi connectivity index (χ1n) is 16.3. The van der Waals surface area contributed by atoms with Crippen LogP contribution in [-0.2, 0) is 6.42 Å². The van der Waals surface area contributed by atoms with Crippen LogP contribution in [0.5, 0.6) is 0 Å². The van der Waals surface area contributed by atoms with E-state index < -0.39 is 0 Å². The van der Waals surface area contributed by atoms with Crippen molar-refractivity contribution in [1.29, 1.82) is 0 Å². The molecule has 2 nitrogen and oxygen atoms in total. The Kier molecular flexibility index (Phi) is 9.60. The van der Waals surface area contributed by atoms with Crippen molar-refractivity contribution >= 4 is 45.6 Å². The second-order valence-corrected chi connectivity index (χ2v) is 11.2. The van der Waals surface area contributed by atoms with Crippen LogP contribution in [0.1, 0.15) is 36.1 Å². The quantitative estimate of drug-likeness (QED) is 0.138. The highest BCUT2D eigenvalue weighted by Gasteiger charge is 2.19. The van der Waals surface area contributed by atoms with Gasteiger partial charge in [-0.05, 0) is 99.3 Å². The second-order valence-electron chi connectivity index (χ2n) is 11.2. The minimum absolute atomic E-state index is 0.789. The number of benzene rings is 6. The molecule has 0 radical (unpaired) electrons. The summed E-state index contributed by atoms with van der Waals surface area (Å²) in [6.07, 6.45) is 11.9. The Morgan fingerprint density at radius 2 is 1.34 bits per heavy atom. The van der Waals surface area contributed by atoms with Gasteiger partial charge < -0.3 is 10.6 Å². The van der Waals surface area contributed by atoms with Gasteiger partial charge >= 0.3 is 0 Å². The predicted octanol–water partition coefficient (Wildman–Crippen LogP) is 12.1. The van der Waals surface area contributed by atoms with Gasteiger partial charge in [0.05, 0.1) is 0 Å². The molecule has 0 fully saturated rings. The van der Waals surface area contributed by atoms with Crippen LogP contribution in [0, 0.1) is 0 Å². The lowest BCUT2D eigenvalue weighted by atomic mass is 9.89. The molecule has 2 heteroatoms. The Balaban J connectivity index is 0.00000190. The van der Waals surface area contributed by atoms with Gasteiger partial charge in [-0.15, -0.1) is 0 Å². The monoisotopic (exact) mass is 608 g/mol. The van der Waals surface area contributed by atoms with Crippen LogP contribution in [0.4, 0.5) is 17.1 Å². The zero-order valence-electron chi connectivity index (χ0n) is 27.1. The van der Waals surface area contributed by atoms with Crippen molar-refractivity contribution in [1.82, 2.24) is 0 Å². The van der Waals surface area contributed by atoms with E-state index in [4.69, 9.17) is 5.73 Å². The highest BCUT2D eigenvalue weighted by atomic mass is 15.1. The molecule has 1 aliphatic rings. The number of fused-ring (bicyclic) bond motifs is 2. The maximum Gasteiger partial charge on any atom is 0.0473 e. The standard InChI is InChI=1S/C43H34N2.C2H6/c1-2-32(41-30-35(28-34-19-13-24-39(34)41)40-25-12-17-33-18-14-26-42(44)43(33)40)29-38(27-31-15-6-3-7-16-31)45(36-20-8-4-9-21-36)37-22-10-5-11-23-37;1-2/h2-18,20-30H,1,19,44H2;1-2H3/b32-29+,38-27?;. The summed E-state index contributed by atoms with van der Waals surface area (Å²) in [6, 6.07) is 48.7. The molecule has 6 aromatic carbocycles. The van der Waals surface area contributed by atoms with Gasteiger partial charge in [-0.1, -0.05) is 142 Å². The van der Waals surface area contributed by atoms with Gasteiger partial charge in [0.2, 0.25) is 0 Å². The van der Waals surface area contributed by atoms with Crippen molar-refractivity contribution in [3.05, 3.63) is 192 Å². The fraction of sp³-hybridized carbons (Fsp3) is 0.0667. The third kappa shape index (κ3) is 6.59. The Morgan fingerprint density at radius 1 is 0.723 bits per heavy atom. The number of hydrogen-bond donors (Lipinski definition) is 1. The average Bonchev–Trinajstić information content (AvgIpc) is 3.61. The number of nitrogen functional groups attached to an aromatic ring is 1. The molecule has 0 atom stereocenters. The molecule has 0 bridgehead atoms. The first kappa shape index (κ1) is 31.1. The fourth-order valence-electron chi connectivity index (χ4n) is 6.29. The van der Waals surface area contributed by atoms with Crippen LogP contribution in [-0.4, -0.2) is 0 Å². The second kappa shape index (κ2) is 14.5. The number of nitrogens with two attached hydrogens (primary N) is 1. The van der Waals surface area contributed by atoms with Crippen molar-refractivity contribution in [3.63, 3.8) is 0 Å². The largest absolute Gasteiger partial charge is 0.398 e. The molecule has 6 aromatic rings. The zero-order valence-corrected chi connectivity index (χ0v) is 27.1. The van der Waals surface area contributed by atoms with Gasteiger partial charge in [-0.3, -0.25) is 0 Å². The van der Waals surface area contributed by atoms with Gasteiger partial charge in [0.15, 0.2) is 0 Å². The number of anilines is 3. The van der Waals surface area contributed by atoms with E-state index in [2.05, 4.69) is 163 Å². The van der Waals surface area contributed by atoms with Crippen molar-refractivity contribution in [2.45, 2.75) is 20.3 Å². The van der Waals surface area contributed by atoms with E-state index in [1.54, 1.807) is 0 Å². The van der Waals surface area contributed by atoms with E-state index in [1.165, 1.54) is 11.1 Å². The van der Waals surface area contributed by atoms with Crippen LogP contribution in [0.2, 0.25) is 0 Å². The molecule has 0 aliphatic heterocycles. The van der Waals surface area contributed by atoms with Crippen LogP contribution in [0.15, 0.2) is 170 Å². The first-order valence-corrected chi connectivity index (χ1v) is 16.3. The topological polar surface area (TPSA) is 29.3 Å². The number of rotatable bonds is 8. The normalized spacial score (nSPS) is 12.3. The fourth-order valence-corrected chi connectivity index (χ4v) is 6.29. The van der Waals surface area contributed by atoms with E-state index in [0.29, 0.717) is 0 Å². The maximum absolute atomic E-state index is 6.56. The predicted molar refractivity (Wildman–Crippen MR) is 205 cm³/mol. The zero-order chi connectivity index (χ0) is 32.6. The minimum Gasteiger partial charge on any atom is -0.398 e. The lowest BCUT2D eigenvalue weighted by Crippen LogP contribution is -2.15. The molecule has 0 unspecified atom stereocenters. The summed E-state index contributed by atoms with van der Waals surface area (Å²) in [5.41, 5.74) is 18.7. The van der Waals surface area contributed by atoms with Crippen LogP contribution < -0.4 is 10.6 Å². The minimum atomic E-state index is 0.789. The van der Waals surface area contributed by atoms with E-state index in [1.807, 2.05) is 32.1 Å². The first-order chi connectivity index (χ1) is 23.2. The molecule has 0 saturated carbocycles. The van der Waals surface area contributed by atoms with Crippen molar-refractivity contribution < 1.29 is 0 Å². The molecular formula is C45H40N2. The Morgan fingerprint density at radius 3 is 1.98 bits per heavy atom. The number of para-hydroxylation sites is 2. The Hall–Kier alpha value is -5.86. The molecular weight excluding hydrogens is 569 g/mol. The Bertz CT molecular complexity index is 2040. The molecule has 47 heavy (non-hydrogen) atoms. The van der Waals surface area contributed by atoms with Crippen molar-refractivity contribution in [2.24, 2.45) is 0 Å². The highest BCUT2D eigenvalue weighted by Crippen LogP contribution is 2.40. The summed E-state index contributed by atoms with van der Waals surface area (Å²) in [6.45, 7) is 8.34. The molecule has 0 spiro atoms. The molecule has 1 aliphatic carbocycles. The summed E-state index contributed by atoms with van der Waals surface area (Å²) in [4.78, 5) is 2.31. The van der Waals surface area contributed by atoms with E-state index in [9.17, 15) is 0 Å².